The molecule has 1 aliphatic rings. The molecule has 9 nitrogen and oxygen atoms in total. The first-order valence-corrected chi connectivity index (χ1v) is 11.5. The molecule has 0 bridgehead atoms. The summed E-state index contributed by atoms with van der Waals surface area (Å²) in [6, 6.07) is 13.5. The van der Waals surface area contributed by atoms with Crippen LogP contribution in [0.15, 0.2) is 59.2 Å². The van der Waals surface area contributed by atoms with Gasteiger partial charge in [0.25, 0.3) is 5.91 Å². The van der Waals surface area contributed by atoms with Crippen molar-refractivity contribution in [3.8, 4) is 11.5 Å². The van der Waals surface area contributed by atoms with Gasteiger partial charge in [-0.2, -0.15) is 0 Å². The lowest BCUT2D eigenvalue weighted by molar-refractivity contribution is -0.117. The van der Waals surface area contributed by atoms with Crippen LogP contribution in [0.4, 0.5) is 10.5 Å². The number of methoxy groups -OCH3 is 2. The molecular weight excluding hydrogens is 456 g/mol. The van der Waals surface area contributed by atoms with Crippen molar-refractivity contribution in [3.05, 3.63) is 59.8 Å². The average molecular weight is 483 g/mol. The molecule has 0 aromatic heterocycles. The average Bonchev–Trinajstić information content (AvgIpc) is 3.12. The fourth-order valence-corrected chi connectivity index (χ4v) is 3.83. The Morgan fingerprint density at radius 1 is 1.09 bits per heavy atom. The Labute approximate surface area is 202 Å². The first-order chi connectivity index (χ1) is 16.3. The molecule has 0 aliphatic carbocycles. The van der Waals surface area contributed by atoms with Crippen LogP contribution in [-0.2, 0) is 9.59 Å². The lowest BCUT2D eigenvalue weighted by Gasteiger charge is -2.18. The Balaban J connectivity index is 1.85. The Morgan fingerprint density at radius 2 is 1.79 bits per heavy atom. The van der Waals surface area contributed by atoms with E-state index in [0.29, 0.717) is 22.4 Å². The number of carbonyl (C=O) groups excluding carboxylic acids is 3. The minimum absolute atomic E-state index is 0.103. The summed E-state index contributed by atoms with van der Waals surface area (Å²) in [6.07, 6.45) is 1.67. The fourth-order valence-electron chi connectivity index (χ4n) is 3.02. The van der Waals surface area contributed by atoms with E-state index >= 15 is 0 Å². The minimum Gasteiger partial charge on any atom is -0.497 e. The van der Waals surface area contributed by atoms with Crippen molar-refractivity contribution in [3.63, 3.8) is 0 Å². The molecule has 1 heterocycles. The predicted octanol–water partition coefficient (Wildman–Crippen LogP) is 3.41. The van der Waals surface area contributed by atoms with Gasteiger partial charge in [-0.1, -0.05) is 30.0 Å². The van der Waals surface area contributed by atoms with E-state index < -0.39 is 11.9 Å². The van der Waals surface area contributed by atoms with E-state index in [2.05, 4.69) is 15.6 Å². The van der Waals surface area contributed by atoms with Gasteiger partial charge < -0.3 is 14.8 Å². The maximum Gasteiger partial charge on any atom is 0.321 e. The number of ether oxygens (including phenoxy) is 2. The molecule has 4 amide bonds. The highest BCUT2D eigenvalue weighted by atomic mass is 32.2. The summed E-state index contributed by atoms with van der Waals surface area (Å²) in [7, 11) is 3.12. The van der Waals surface area contributed by atoms with Gasteiger partial charge in [0.05, 0.1) is 25.7 Å². The topological polar surface area (TPSA) is 109 Å². The SMILES string of the molecule is COc1ccc(/C=C2\N=C(SCC(=O)NC(=O)NC(C)C)N(c3cccc(OC)c3)C2=O)cc1. The monoisotopic (exact) mass is 482 g/mol. The second-order valence-electron chi connectivity index (χ2n) is 7.50. The number of nitrogens with one attached hydrogen (secondary N) is 2. The molecule has 3 rings (SSSR count). The van der Waals surface area contributed by atoms with E-state index in [1.54, 1.807) is 63.4 Å². The second-order valence-corrected chi connectivity index (χ2v) is 8.45. The fraction of sp³-hybridized carbons (Fsp3) is 0.250. The number of nitrogens with zero attached hydrogens (tertiary/aromatic N) is 2. The molecule has 0 unspecified atom stereocenters. The highest BCUT2D eigenvalue weighted by Crippen LogP contribution is 2.31. The van der Waals surface area contributed by atoms with E-state index in [1.165, 1.54) is 12.0 Å². The normalized spacial score (nSPS) is 14.3. The number of amidine groups is 1. The smallest absolute Gasteiger partial charge is 0.321 e. The molecule has 2 N–H and O–H groups in total. The van der Waals surface area contributed by atoms with Gasteiger partial charge in [0.15, 0.2) is 5.17 Å². The Kier molecular flexibility index (Phi) is 8.31. The molecule has 178 valence electrons. The summed E-state index contributed by atoms with van der Waals surface area (Å²) >= 11 is 1.05. The molecule has 10 heteroatoms. The van der Waals surface area contributed by atoms with Gasteiger partial charge in [-0.25, -0.2) is 9.79 Å². The van der Waals surface area contributed by atoms with Crippen LogP contribution in [0.25, 0.3) is 6.08 Å². The molecule has 0 fully saturated rings. The predicted molar refractivity (Wildman–Crippen MR) is 133 cm³/mol. The summed E-state index contributed by atoms with van der Waals surface area (Å²) in [4.78, 5) is 43.2. The first kappa shape index (κ1) is 24.8. The molecule has 2 aromatic rings. The van der Waals surface area contributed by atoms with Crippen molar-refractivity contribution in [2.75, 3.05) is 24.9 Å². The molecule has 34 heavy (non-hydrogen) atoms. The van der Waals surface area contributed by atoms with Crippen LogP contribution in [0.5, 0.6) is 11.5 Å². The molecule has 0 radical (unpaired) electrons. The van der Waals surface area contributed by atoms with E-state index in [9.17, 15) is 14.4 Å². The lowest BCUT2D eigenvalue weighted by atomic mass is 10.2. The van der Waals surface area contributed by atoms with E-state index in [0.717, 1.165) is 17.3 Å². The van der Waals surface area contributed by atoms with Gasteiger partial charge in [-0.3, -0.25) is 19.8 Å². The maximum absolute atomic E-state index is 13.3. The van der Waals surface area contributed by atoms with Gasteiger partial charge in [0.1, 0.15) is 17.2 Å². The number of hydrogen-bond donors (Lipinski definition) is 2. The summed E-state index contributed by atoms with van der Waals surface area (Å²) in [6.45, 7) is 3.58. The molecule has 0 saturated heterocycles. The zero-order valence-electron chi connectivity index (χ0n) is 19.3. The quantitative estimate of drug-likeness (QED) is 0.586. The van der Waals surface area contributed by atoms with E-state index in [1.807, 2.05) is 12.1 Å². The number of rotatable bonds is 7. The third-order valence-electron chi connectivity index (χ3n) is 4.57. The number of carbonyl (C=O) groups is 3. The number of hydrogen-bond acceptors (Lipinski definition) is 7. The molecule has 1 aliphatic heterocycles. The number of benzene rings is 2. The van der Waals surface area contributed by atoms with Crippen molar-refractivity contribution in [1.82, 2.24) is 10.6 Å². The van der Waals surface area contributed by atoms with E-state index in [-0.39, 0.29) is 23.4 Å². The number of thioether (sulfide) groups is 1. The zero-order chi connectivity index (χ0) is 24.7. The molecule has 0 atom stereocenters. The number of aliphatic imine (C=N–C) groups is 1. The van der Waals surface area contributed by atoms with Crippen LogP contribution >= 0.6 is 11.8 Å². The second kappa shape index (κ2) is 11.4. The molecule has 2 aromatic carbocycles. The maximum atomic E-state index is 13.3. The summed E-state index contributed by atoms with van der Waals surface area (Å²) in [5, 5.41) is 5.18. The van der Waals surface area contributed by atoms with Crippen LogP contribution in [0.1, 0.15) is 19.4 Å². The van der Waals surface area contributed by atoms with Crippen molar-refractivity contribution in [2.24, 2.45) is 4.99 Å². The van der Waals surface area contributed by atoms with Crippen molar-refractivity contribution >= 4 is 46.5 Å². The van der Waals surface area contributed by atoms with Gasteiger partial charge >= 0.3 is 6.03 Å². The lowest BCUT2D eigenvalue weighted by Crippen LogP contribution is -2.43. The third kappa shape index (κ3) is 6.38. The Morgan fingerprint density at radius 3 is 2.44 bits per heavy atom. The number of amides is 4. The van der Waals surface area contributed by atoms with Crippen LogP contribution in [-0.4, -0.2) is 49.0 Å². The van der Waals surface area contributed by atoms with Gasteiger partial charge in [0, 0.05) is 12.1 Å². The standard InChI is InChI=1S/C24H26N4O5S/c1-15(2)25-23(31)27-21(29)14-34-24-26-20(12-16-8-10-18(32-3)11-9-16)22(30)28(24)17-6-5-7-19(13-17)33-4/h5-13,15H,14H2,1-4H3,(H2,25,27,29,31)/b20-12-. The van der Waals surface area contributed by atoms with Crippen LogP contribution in [0.2, 0.25) is 0 Å². The van der Waals surface area contributed by atoms with Gasteiger partial charge in [-0.15, -0.1) is 0 Å². The van der Waals surface area contributed by atoms with Crippen LogP contribution in [0, 0.1) is 0 Å². The van der Waals surface area contributed by atoms with Crippen LogP contribution < -0.4 is 25.0 Å². The largest absolute Gasteiger partial charge is 0.497 e. The Hall–Kier alpha value is -3.79. The zero-order valence-corrected chi connectivity index (χ0v) is 20.1. The van der Waals surface area contributed by atoms with E-state index in [4.69, 9.17) is 9.47 Å². The van der Waals surface area contributed by atoms with Crippen LogP contribution in [0.3, 0.4) is 0 Å². The van der Waals surface area contributed by atoms with Gasteiger partial charge in [-0.05, 0) is 49.8 Å². The third-order valence-corrected chi connectivity index (χ3v) is 5.50. The first-order valence-electron chi connectivity index (χ1n) is 10.5. The minimum atomic E-state index is -0.574. The van der Waals surface area contributed by atoms with Crippen molar-refractivity contribution in [1.29, 1.82) is 0 Å². The number of anilines is 1. The summed E-state index contributed by atoms with van der Waals surface area (Å²) < 4.78 is 10.5. The molecule has 0 saturated carbocycles. The highest BCUT2D eigenvalue weighted by molar-refractivity contribution is 8.14. The van der Waals surface area contributed by atoms with Crippen molar-refractivity contribution in [2.45, 2.75) is 19.9 Å². The number of imide groups is 1. The summed E-state index contributed by atoms with van der Waals surface area (Å²) in [5.74, 6) is 0.324. The van der Waals surface area contributed by atoms with Crippen molar-refractivity contribution < 1.29 is 23.9 Å². The highest BCUT2D eigenvalue weighted by Gasteiger charge is 2.32. The summed E-state index contributed by atoms with van der Waals surface area (Å²) in [5.41, 5.74) is 1.54. The number of urea groups is 1. The Bertz CT molecular complexity index is 1130. The molecule has 0 spiro atoms. The van der Waals surface area contributed by atoms with Gasteiger partial charge in [0.2, 0.25) is 5.91 Å². The molecular formula is C24H26N4O5S.